The van der Waals surface area contributed by atoms with Crippen LogP contribution in [0.2, 0.25) is 0 Å². The Hall–Kier alpha value is -4.54. The predicted molar refractivity (Wildman–Crippen MR) is 169 cm³/mol. The van der Waals surface area contributed by atoms with E-state index in [4.69, 9.17) is 24.2 Å². The summed E-state index contributed by atoms with van der Waals surface area (Å²) >= 11 is 0. The highest BCUT2D eigenvalue weighted by Gasteiger charge is 2.35. The minimum atomic E-state index is -0.588. The van der Waals surface area contributed by atoms with Crippen molar-refractivity contribution in [3.8, 4) is 11.5 Å². The van der Waals surface area contributed by atoms with Crippen LogP contribution in [0.4, 0.5) is 22.2 Å². The predicted octanol–water partition coefficient (Wildman–Crippen LogP) is 5.95. The maximum atomic E-state index is 13.8. The van der Waals surface area contributed by atoms with Gasteiger partial charge in [0.2, 0.25) is 5.95 Å². The molecule has 2 aromatic carbocycles. The van der Waals surface area contributed by atoms with Crippen molar-refractivity contribution in [2.45, 2.75) is 84.2 Å². The van der Waals surface area contributed by atoms with Gasteiger partial charge in [-0.25, -0.2) is 9.78 Å². The highest BCUT2D eigenvalue weighted by atomic mass is 16.6. The van der Waals surface area contributed by atoms with Crippen molar-refractivity contribution >= 4 is 29.5 Å². The molecule has 11 nitrogen and oxygen atoms in total. The highest BCUT2D eigenvalue weighted by molar-refractivity contribution is 6.03. The number of nitrogens with zero attached hydrogens (tertiary/aromatic N) is 3. The van der Waals surface area contributed by atoms with Crippen LogP contribution in [0.1, 0.15) is 73.6 Å². The van der Waals surface area contributed by atoms with Crippen LogP contribution in [0.5, 0.6) is 11.5 Å². The van der Waals surface area contributed by atoms with Gasteiger partial charge in [0.15, 0.2) is 0 Å². The first kappa shape index (κ1) is 30.9. The van der Waals surface area contributed by atoms with E-state index in [-0.39, 0.29) is 18.0 Å². The second-order valence-corrected chi connectivity index (χ2v) is 12.3. The monoisotopic (exact) mass is 602 g/mol. The van der Waals surface area contributed by atoms with Crippen molar-refractivity contribution in [2.24, 2.45) is 0 Å². The first-order valence-corrected chi connectivity index (χ1v) is 15.0. The summed E-state index contributed by atoms with van der Waals surface area (Å²) < 4.78 is 16.4. The van der Waals surface area contributed by atoms with Crippen molar-refractivity contribution in [3.05, 3.63) is 64.8 Å². The molecule has 234 valence electrons. The Balaban J connectivity index is 1.43. The summed E-state index contributed by atoms with van der Waals surface area (Å²) in [6.07, 6.45) is 3.22. The van der Waals surface area contributed by atoms with E-state index in [1.54, 1.807) is 19.1 Å². The number of aromatic nitrogens is 2. The minimum Gasteiger partial charge on any atom is -0.497 e. The van der Waals surface area contributed by atoms with Gasteiger partial charge in [0.1, 0.15) is 28.5 Å². The van der Waals surface area contributed by atoms with Crippen LogP contribution in [-0.2, 0) is 17.8 Å². The number of ether oxygens (including phenoxy) is 3. The molecule has 1 aliphatic heterocycles. The lowest BCUT2D eigenvalue weighted by Gasteiger charge is -2.33. The highest BCUT2D eigenvalue weighted by Crippen LogP contribution is 2.34. The summed E-state index contributed by atoms with van der Waals surface area (Å²) in [6, 6.07) is 13.2. The quantitative estimate of drug-likeness (QED) is 0.272. The van der Waals surface area contributed by atoms with Crippen LogP contribution in [0.3, 0.4) is 0 Å². The van der Waals surface area contributed by atoms with Gasteiger partial charge in [0.25, 0.3) is 5.91 Å². The fraction of sp³-hybridized carbons (Fsp3) is 0.455. The molecule has 11 heteroatoms. The number of hydrogen-bond donors (Lipinski definition) is 3. The molecular formula is C33H42N6O5. The number of fused-ring (bicyclic) bond motifs is 1. The van der Waals surface area contributed by atoms with E-state index in [0.717, 1.165) is 42.5 Å². The lowest BCUT2D eigenvalue weighted by molar-refractivity contribution is 0.0488. The number of carbonyl (C=O) groups excluding carboxylic acids is 2. The van der Waals surface area contributed by atoms with Gasteiger partial charge in [0, 0.05) is 23.4 Å². The number of rotatable bonds is 9. The van der Waals surface area contributed by atoms with Crippen molar-refractivity contribution in [3.63, 3.8) is 0 Å². The molecule has 0 saturated heterocycles. The molecule has 0 spiro atoms. The standard InChI is InChI=1S/C33H42N6O5/c1-20-10-9-11-22(16-20)34-29-28-26(19-39(30(28)40)18-21-14-15-23(42-5)17-27(21)43-6)36-31(38-29)35-24-12-7-8-13-25(24)37-32(41)44-33(2,3)4/h9-11,14-17,24-25H,7-8,12-13,18-19H2,1-6H3,(H,37,41)(H2,34,35,36,38)/t24-,25+/m0/s1. The molecule has 1 fully saturated rings. The minimum absolute atomic E-state index is 0.0992. The van der Waals surface area contributed by atoms with E-state index in [2.05, 4.69) is 16.0 Å². The van der Waals surface area contributed by atoms with Crippen LogP contribution >= 0.6 is 0 Å². The van der Waals surface area contributed by atoms with Crippen LogP contribution < -0.4 is 25.4 Å². The SMILES string of the molecule is COc1ccc(CN2Cc3nc(N[C@H]4CCCC[C@H]4NC(=O)OC(C)(C)C)nc(Nc4cccc(C)c4)c3C2=O)c(OC)c1. The molecule has 3 aromatic rings. The maximum absolute atomic E-state index is 13.8. The van der Waals surface area contributed by atoms with Gasteiger partial charge in [-0.3, -0.25) is 4.79 Å². The molecule has 0 unspecified atom stereocenters. The number of benzene rings is 2. The molecule has 0 radical (unpaired) electrons. The maximum Gasteiger partial charge on any atom is 0.407 e. The zero-order chi connectivity index (χ0) is 31.4. The van der Waals surface area contributed by atoms with Crippen LogP contribution in [0.15, 0.2) is 42.5 Å². The Morgan fingerprint density at radius 1 is 1.02 bits per heavy atom. The summed E-state index contributed by atoms with van der Waals surface area (Å²) in [6.45, 7) is 8.20. The largest absolute Gasteiger partial charge is 0.497 e. The fourth-order valence-corrected chi connectivity index (χ4v) is 5.69. The van der Waals surface area contributed by atoms with Crippen molar-refractivity contribution in [2.75, 3.05) is 24.9 Å². The number of methoxy groups -OCH3 is 2. The first-order chi connectivity index (χ1) is 21.0. The van der Waals surface area contributed by atoms with Crippen molar-refractivity contribution in [1.29, 1.82) is 0 Å². The van der Waals surface area contributed by atoms with Gasteiger partial charge < -0.3 is 35.1 Å². The number of hydrogen-bond acceptors (Lipinski definition) is 9. The molecule has 1 aliphatic carbocycles. The molecule has 1 saturated carbocycles. The van der Waals surface area contributed by atoms with E-state index in [9.17, 15) is 9.59 Å². The molecule has 44 heavy (non-hydrogen) atoms. The van der Waals surface area contributed by atoms with E-state index in [1.165, 1.54) is 0 Å². The second-order valence-electron chi connectivity index (χ2n) is 12.3. The molecular weight excluding hydrogens is 560 g/mol. The molecule has 5 rings (SSSR count). The number of nitrogens with one attached hydrogen (secondary N) is 3. The lowest BCUT2D eigenvalue weighted by Crippen LogP contribution is -2.50. The zero-order valence-corrected chi connectivity index (χ0v) is 26.3. The molecule has 2 heterocycles. The first-order valence-electron chi connectivity index (χ1n) is 15.0. The van der Waals surface area contributed by atoms with Gasteiger partial charge in [-0.1, -0.05) is 25.0 Å². The normalized spacial score (nSPS) is 18.0. The van der Waals surface area contributed by atoms with E-state index in [0.29, 0.717) is 47.6 Å². The number of alkyl carbamates (subject to hydrolysis) is 1. The second kappa shape index (κ2) is 13.0. The van der Waals surface area contributed by atoms with Crippen molar-refractivity contribution < 1.29 is 23.8 Å². The molecule has 2 amide bonds. The Morgan fingerprint density at radius 2 is 1.80 bits per heavy atom. The number of anilines is 3. The Labute approximate surface area is 258 Å². The van der Waals surface area contributed by atoms with Gasteiger partial charge in [0.05, 0.1) is 39.0 Å². The average Bonchev–Trinajstić information content (AvgIpc) is 3.28. The topological polar surface area (TPSA) is 127 Å². The van der Waals surface area contributed by atoms with Gasteiger partial charge >= 0.3 is 6.09 Å². The van der Waals surface area contributed by atoms with Crippen LogP contribution in [-0.4, -0.2) is 58.8 Å². The Morgan fingerprint density at radius 3 is 2.50 bits per heavy atom. The summed E-state index contributed by atoms with van der Waals surface area (Å²) in [5.74, 6) is 1.99. The van der Waals surface area contributed by atoms with Gasteiger partial charge in [-0.15, -0.1) is 0 Å². The summed E-state index contributed by atoms with van der Waals surface area (Å²) in [7, 11) is 3.20. The number of carbonyl (C=O) groups is 2. The molecule has 2 atom stereocenters. The molecule has 2 aliphatic rings. The third kappa shape index (κ3) is 7.32. The van der Waals surface area contributed by atoms with E-state index < -0.39 is 11.7 Å². The summed E-state index contributed by atoms with van der Waals surface area (Å²) in [5.41, 5.74) is 3.24. The molecule has 1 aromatic heterocycles. The zero-order valence-electron chi connectivity index (χ0n) is 26.3. The number of amides is 2. The third-order valence-corrected chi connectivity index (χ3v) is 7.74. The van der Waals surface area contributed by atoms with E-state index >= 15 is 0 Å². The Bertz CT molecular complexity index is 1520. The third-order valence-electron chi connectivity index (χ3n) is 7.74. The van der Waals surface area contributed by atoms with Crippen LogP contribution in [0, 0.1) is 6.92 Å². The van der Waals surface area contributed by atoms with Gasteiger partial charge in [-0.2, -0.15) is 4.98 Å². The summed E-state index contributed by atoms with van der Waals surface area (Å²) in [4.78, 5) is 37.8. The molecule has 0 bridgehead atoms. The Kier molecular flexibility index (Phi) is 9.12. The lowest BCUT2D eigenvalue weighted by atomic mass is 9.90. The van der Waals surface area contributed by atoms with Crippen molar-refractivity contribution in [1.82, 2.24) is 20.2 Å². The molecule has 3 N–H and O–H groups in total. The average molecular weight is 603 g/mol. The van der Waals surface area contributed by atoms with Crippen LogP contribution in [0.25, 0.3) is 0 Å². The number of aryl methyl sites for hydroxylation is 1. The van der Waals surface area contributed by atoms with E-state index in [1.807, 2.05) is 70.2 Å². The summed E-state index contributed by atoms with van der Waals surface area (Å²) in [5, 5.41) is 9.90. The fourth-order valence-electron chi connectivity index (χ4n) is 5.69. The smallest absolute Gasteiger partial charge is 0.407 e. The van der Waals surface area contributed by atoms with Gasteiger partial charge in [-0.05, 0) is 70.4 Å².